The first-order chi connectivity index (χ1) is 15.8. The van der Waals surface area contributed by atoms with E-state index in [0.29, 0.717) is 28.3 Å². The molecule has 4 aromatic rings. The van der Waals surface area contributed by atoms with Crippen molar-refractivity contribution in [3.8, 4) is 5.75 Å². The number of imidazole rings is 1. The summed E-state index contributed by atoms with van der Waals surface area (Å²) in [6.07, 6.45) is -1.01. The predicted molar refractivity (Wildman–Crippen MR) is 127 cm³/mol. The third kappa shape index (κ3) is 5.05. The molecule has 1 atom stereocenters. The first-order valence-electron chi connectivity index (χ1n) is 10.1. The molecule has 0 aliphatic heterocycles. The highest BCUT2D eigenvalue weighted by molar-refractivity contribution is 6.35. The fourth-order valence-corrected chi connectivity index (χ4v) is 3.83. The quantitative estimate of drug-likeness (QED) is 0.350. The van der Waals surface area contributed by atoms with Gasteiger partial charge in [-0.3, -0.25) is 14.3 Å². The number of nitrogens with one attached hydrogen (secondary N) is 2. The first kappa shape index (κ1) is 22.9. The van der Waals surface area contributed by atoms with Crippen molar-refractivity contribution >= 4 is 40.3 Å². The number of aromatic nitrogens is 4. The number of aromatic amines is 1. The molecule has 2 aromatic heterocycles. The number of hydrogen-bond donors (Lipinski definition) is 3. The van der Waals surface area contributed by atoms with Crippen LogP contribution in [0.2, 0.25) is 10.0 Å². The van der Waals surface area contributed by atoms with Crippen molar-refractivity contribution in [3.05, 3.63) is 85.0 Å². The molecule has 11 heteroatoms. The normalized spacial score (nSPS) is 12.1. The topological polar surface area (TPSA) is 114 Å². The van der Waals surface area contributed by atoms with Gasteiger partial charge in [0.05, 0.1) is 11.6 Å². The van der Waals surface area contributed by atoms with Gasteiger partial charge in [0, 0.05) is 18.6 Å². The molecule has 0 bridgehead atoms. The number of aliphatic hydroxyl groups excluding tert-OH is 1. The highest BCUT2D eigenvalue weighted by atomic mass is 35.5. The number of aryl methyl sites for hydroxylation is 1. The van der Waals surface area contributed by atoms with Gasteiger partial charge in [0.25, 0.3) is 5.56 Å². The zero-order chi connectivity index (χ0) is 23.5. The van der Waals surface area contributed by atoms with Gasteiger partial charge in [-0.25, -0.2) is 4.79 Å². The second kappa shape index (κ2) is 9.70. The molecule has 0 fully saturated rings. The Balaban J connectivity index is 1.61. The molecule has 172 valence electrons. The molecule has 0 unspecified atom stereocenters. The zero-order valence-electron chi connectivity index (χ0n) is 17.6. The van der Waals surface area contributed by atoms with E-state index in [1.54, 1.807) is 18.2 Å². The van der Waals surface area contributed by atoms with E-state index in [1.807, 2.05) is 30.3 Å². The minimum atomic E-state index is -1.01. The summed E-state index contributed by atoms with van der Waals surface area (Å²) in [5.41, 5.74) is 0.194. The van der Waals surface area contributed by atoms with Crippen LogP contribution < -0.4 is 21.3 Å². The molecule has 0 aliphatic carbocycles. The van der Waals surface area contributed by atoms with Gasteiger partial charge in [0.15, 0.2) is 11.2 Å². The molecule has 2 heterocycles. The van der Waals surface area contributed by atoms with E-state index in [4.69, 9.17) is 27.9 Å². The molecule has 33 heavy (non-hydrogen) atoms. The lowest BCUT2D eigenvalue weighted by Crippen LogP contribution is -2.31. The van der Waals surface area contributed by atoms with Gasteiger partial charge in [-0.05, 0) is 23.8 Å². The number of hydrogen-bond acceptors (Lipinski definition) is 6. The van der Waals surface area contributed by atoms with Crippen LogP contribution in [-0.2, 0) is 20.1 Å². The first-order valence-corrected chi connectivity index (χ1v) is 10.8. The smallest absolute Gasteiger partial charge is 0.329 e. The standard InChI is InChI=1S/C22H21Cl2N5O4/c1-28-19-18(20(31)27-22(28)32)29(21(26-19)25-10-13-5-3-2-4-6-13)11-15(30)12-33-17-8-7-14(23)9-16(17)24/h2-9,15,30H,10-12H2,1H3,(H,25,26)(H,27,31,32)/t15-/m1/s1. The Bertz CT molecular complexity index is 1400. The van der Waals surface area contributed by atoms with E-state index >= 15 is 0 Å². The van der Waals surface area contributed by atoms with Crippen LogP contribution in [-0.4, -0.2) is 36.9 Å². The van der Waals surface area contributed by atoms with E-state index in [2.05, 4.69) is 15.3 Å². The Labute approximate surface area is 198 Å². The number of rotatable bonds is 8. The maximum absolute atomic E-state index is 12.6. The Kier molecular flexibility index (Phi) is 6.73. The lowest BCUT2D eigenvalue weighted by molar-refractivity contribution is 0.0939. The predicted octanol–water partition coefficient (Wildman–Crippen LogP) is 2.78. The maximum Gasteiger partial charge on any atom is 0.329 e. The van der Waals surface area contributed by atoms with Crippen molar-refractivity contribution in [2.45, 2.75) is 19.2 Å². The van der Waals surface area contributed by atoms with Crippen LogP contribution in [0.5, 0.6) is 5.75 Å². The molecule has 3 N–H and O–H groups in total. The molecule has 0 saturated heterocycles. The maximum atomic E-state index is 12.6. The fraction of sp³-hybridized carbons (Fsp3) is 0.227. The van der Waals surface area contributed by atoms with Crippen LogP contribution in [0.3, 0.4) is 0 Å². The average molecular weight is 490 g/mol. The van der Waals surface area contributed by atoms with Crippen molar-refractivity contribution in [1.82, 2.24) is 19.1 Å². The van der Waals surface area contributed by atoms with Gasteiger partial charge in [0.2, 0.25) is 5.95 Å². The van der Waals surface area contributed by atoms with Crippen molar-refractivity contribution in [2.24, 2.45) is 7.05 Å². The summed E-state index contributed by atoms with van der Waals surface area (Å²) in [5, 5.41) is 14.6. The van der Waals surface area contributed by atoms with Gasteiger partial charge in [-0.2, -0.15) is 4.98 Å². The zero-order valence-corrected chi connectivity index (χ0v) is 19.1. The Hall–Kier alpha value is -3.27. The Morgan fingerprint density at radius 3 is 2.67 bits per heavy atom. The number of H-pyrrole nitrogens is 1. The molecule has 0 spiro atoms. The summed E-state index contributed by atoms with van der Waals surface area (Å²) in [4.78, 5) is 31.4. The van der Waals surface area contributed by atoms with E-state index in [9.17, 15) is 14.7 Å². The molecule has 0 radical (unpaired) electrons. The van der Waals surface area contributed by atoms with Crippen LogP contribution in [0, 0.1) is 0 Å². The minimum absolute atomic E-state index is 0.0138. The molecular formula is C22H21Cl2N5O4. The molecule has 0 amide bonds. The number of halogens is 2. The van der Waals surface area contributed by atoms with Crippen molar-refractivity contribution in [3.63, 3.8) is 0 Å². The number of benzene rings is 2. The van der Waals surface area contributed by atoms with E-state index < -0.39 is 17.4 Å². The Morgan fingerprint density at radius 2 is 1.94 bits per heavy atom. The molecule has 9 nitrogen and oxygen atoms in total. The lowest BCUT2D eigenvalue weighted by Gasteiger charge is -2.16. The van der Waals surface area contributed by atoms with Crippen molar-refractivity contribution in [1.29, 1.82) is 0 Å². The van der Waals surface area contributed by atoms with Gasteiger partial charge in [-0.15, -0.1) is 0 Å². The third-order valence-electron chi connectivity index (χ3n) is 5.02. The highest BCUT2D eigenvalue weighted by Gasteiger charge is 2.20. The minimum Gasteiger partial charge on any atom is -0.489 e. The second-order valence-electron chi connectivity index (χ2n) is 7.42. The number of aliphatic hydroxyl groups is 1. The number of ether oxygens (including phenoxy) is 1. The van der Waals surface area contributed by atoms with Gasteiger partial charge >= 0.3 is 5.69 Å². The second-order valence-corrected chi connectivity index (χ2v) is 8.26. The van der Waals surface area contributed by atoms with Crippen LogP contribution >= 0.6 is 23.2 Å². The van der Waals surface area contributed by atoms with Crippen molar-refractivity contribution < 1.29 is 9.84 Å². The number of anilines is 1. The van der Waals surface area contributed by atoms with Crippen LogP contribution in [0.15, 0.2) is 58.1 Å². The van der Waals surface area contributed by atoms with Crippen molar-refractivity contribution in [2.75, 3.05) is 11.9 Å². The van der Waals surface area contributed by atoms with Crippen LogP contribution in [0.4, 0.5) is 5.95 Å². The number of fused-ring (bicyclic) bond motifs is 1. The van der Waals surface area contributed by atoms with Gasteiger partial charge in [0.1, 0.15) is 18.5 Å². The molecule has 4 rings (SSSR count). The van der Waals surface area contributed by atoms with Gasteiger partial charge < -0.3 is 19.7 Å². The monoisotopic (exact) mass is 489 g/mol. The molecule has 0 saturated carbocycles. The summed E-state index contributed by atoms with van der Waals surface area (Å²) in [5.74, 6) is 0.711. The molecule has 2 aromatic carbocycles. The average Bonchev–Trinajstić information content (AvgIpc) is 3.15. The Morgan fingerprint density at radius 1 is 1.18 bits per heavy atom. The fourth-order valence-electron chi connectivity index (χ4n) is 3.37. The van der Waals surface area contributed by atoms with Crippen LogP contribution in [0.25, 0.3) is 11.2 Å². The SMILES string of the molecule is Cn1c(=O)[nH]c(=O)c2c1nc(NCc1ccccc1)n2C[C@@H](O)COc1ccc(Cl)cc1Cl. The van der Waals surface area contributed by atoms with E-state index in [-0.39, 0.29) is 24.3 Å². The molecular weight excluding hydrogens is 469 g/mol. The largest absolute Gasteiger partial charge is 0.489 e. The third-order valence-corrected chi connectivity index (χ3v) is 5.55. The summed E-state index contributed by atoms with van der Waals surface area (Å²) < 4.78 is 8.40. The summed E-state index contributed by atoms with van der Waals surface area (Å²) in [6, 6.07) is 14.4. The van der Waals surface area contributed by atoms with Crippen LogP contribution in [0.1, 0.15) is 5.56 Å². The molecule has 0 aliphatic rings. The summed E-state index contributed by atoms with van der Waals surface area (Å²) in [7, 11) is 1.51. The van der Waals surface area contributed by atoms with E-state index in [1.165, 1.54) is 16.2 Å². The number of nitrogens with zero attached hydrogens (tertiary/aromatic N) is 3. The van der Waals surface area contributed by atoms with Gasteiger partial charge in [-0.1, -0.05) is 53.5 Å². The lowest BCUT2D eigenvalue weighted by atomic mass is 10.2. The summed E-state index contributed by atoms with van der Waals surface area (Å²) >= 11 is 12.0. The van der Waals surface area contributed by atoms with E-state index in [0.717, 1.165) is 5.56 Å². The summed E-state index contributed by atoms with van der Waals surface area (Å²) in [6.45, 7) is 0.325. The highest BCUT2D eigenvalue weighted by Crippen LogP contribution is 2.27.